The number of carbonyl (C=O) groups excluding carboxylic acids is 4. The molecule has 1 rings (SSSR count). The Labute approximate surface area is 195 Å². The van der Waals surface area contributed by atoms with Crippen molar-refractivity contribution in [1.29, 1.82) is 0 Å². The molecular weight excluding hydrogens is 458 g/mol. The fraction of sp³-hybridized carbons (Fsp3) is 0.650. The van der Waals surface area contributed by atoms with Crippen LogP contribution in [0.15, 0.2) is 12.2 Å². The number of carbonyl (C=O) groups is 5. The summed E-state index contributed by atoms with van der Waals surface area (Å²) >= 11 is 0. The van der Waals surface area contributed by atoms with E-state index in [0.29, 0.717) is 18.7 Å². The van der Waals surface area contributed by atoms with E-state index in [1.165, 1.54) is 31.0 Å². The molecule has 0 radical (unpaired) electrons. The number of carboxylic acids is 1. The Balaban J connectivity index is 2.01. The maximum atomic E-state index is 12.0. The number of hydrogen-bond donors (Lipinski definition) is 2. The number of likely N-dealkylation sites (N-methyl/N-ethyl adjacent to an activating group) is 1. The number of carboxylic acid groups (broad SMARTS) is 1. The van der Waals surface area contributed by atoms with Gasteiger partial charge in [0.2, 0.25) is 11.8 Å². The van der Waals surface area contributed by atoms with Gasteiger partial charge in [-0.15, -0.1) is 0 Å². The molecule has 0 aromatic carbocycles. The van der Waals surface area contributed by atoms with E-state index in [1.54, 1.807) is 21.6 Å². The standard InChI is InChI=1S/C20H31N3O7S2/c1-14(4-5-17(25)22(3)15(2)20(28)29)32-31-13-9-21-16(24)8-11-30-12-10-23-18(26)6-7-19(23)27/h6-7,14-15H,4-5,8-13H2,1-3H3,(H,21,24)(H,28,29)/t14?,15-/m0/s1. The number of amides is 4. The first-order chi connectivity index (χ1) is 15.1. The molecule has 180 valence electrons. The normalized spacial score (nSPS) is 15.0. The van der Waals surface area contributed by atoms with E-state index in [2.05, 4.69) is 5.32 Å². The molecular formula is C20H31N3O7S2. The summed E-state index contributed by atoms with van der Waals surface area (Å²) in [5, 5.41) is 12.0. The summed E-state index contributed by atoms with van der Waals surface area (Å²) in [6.07, 6.45) is 3.55. The van der Waals surface area contributed by atoms with Crippen molar-refractivity contribution in [3.63, 3.8) is 0 Å². The lowest BCUT2D eigenvalue weighted by Crippen LogP contribution is -2.40. The van der Waals surface area contributed by atoms with Crippen molar-refractivity contribution in [3.05, 3.63) is 12.2 Å². The first-order valence-corrected chi connectivity index (χ1v) is 12.7. The molecule has 0 aliphatic carbocycles. The van der Waals surface area contributed by atoms with E-state index < -0.39 is 12.0 Å². The van der Waals surface area contributed by atoms with Gasteiger partial charge in [0.1, 0.15) is 6.04 Å². The van der Waals surface area contributed by atoms with Crippen molar-refractivity contribution >= 4 is 51.2 Å². The molecule has 12 heteroatoms. The Morgan fingerprint density at radius 1 is 1.16 bits per heavy atom. The predicted octanol–water partition coefficient (Wildman–Crippen LogP) is 0.916. The van der Waals surface area contributed by atoms with Crippen LogP contribution in [-0.4, -0.2) is 94.9 Å². The lowest BCUT2D eigenvalue weighted by Gasteiger charge is -2.22. The van der Waals surface area contributed by atoms with E-state index in [0.717, 1.165) is 4.90 Å². The van der Waals surface area contributed by atoms with Crippen LogP contribution < -0.4 is 5.32 Å². The number of nitrogens with one attached hydrogen (secondary N) is 1. The van der Waals surface area contributed by atoms with Crippen LogP contribution in [-0.2, 0) is 28.7 Å². The molecule has 0 aromatic heterocycles. The Kier molecular flexibility index (Phi) is 13.0. The van der Waals surface area contributed by atoms with Crippen LogP contribution in [0.4, 0.5) is 0 Å². The van der Waals surface area contributed by atoms with Crippen molar-refractivity contribution in [1.82, 2.24) is 15.1 Å². The van der Waals surface area contributed by atoms with Crippen molar-refractivity contribution in [2.45, 2.75) is 44.4 Å². The largest absolute Gasteiger partial charge is 0.480 e. The molecule has 1 heterocycles. The van der Waals surface area contributed by atoms with Gasteiger partial charge in [-0.1, -0.05) is 28.5 Å². The van der Waals surface area contributed by atoms with Gasteiger partial charge in [0.05, 0.1) is 19.8 Å². The van der Waals surface area contributed by atoms with Gasteiger partial charge in [-0.05, 0) is 13.3 Å². The molecule has 32 heavy (non-hydrogen) atoms. The molecule has 2 N–H and O–H groups in total. The summed E-state index contributed by atoms with van der Waals surface area (Å²) in [5.74, 6) is -1.36. The molecule has 0 saturated heterocycles. The monoisotopic (exact) mass is 489 g/mol. The van der Waals surface area contributed by atoms with Gasteiger partial charge in [-0.3, -0.25) is 24.1 Å². The van der Waals surface area contributed by atoms with E-state index >= 15 is 0 Å². The van der Waals surface area contributed by atoms with Crippen LogP contribution >= 0.6 is 21.6 Å². The van der Waals surface area contributed by atoms with Gasteiger partial charge < -0.3 is 20.1 Å². The number of hydrogen-bond acceptors (Lipinski definition) is 8. The van der Waals surface area contributed by atoms with E-state index in [-0.39, 0.29) is 61.5 Å². The van der Waals surface area contributed by atoms with Crippen LogP contribution in [0.1, 0.15) is 33.1 Å². The zero-order valence-electron chi connectivity index (χ0n) is 18.6. The summed E-state index contributed by atoms with van der Waals surface area (Å²) in [6, 6.07) is -0.843. The van der Waals surface area contributed by atoms with Crippen LogP contribution in [0.3, 0.4) is 0 Å². The predicted molar refractivity (Wildman–Crippen MR) is 123 cm³/mol. The average molecular weight is 490 g/mol. The van der Waals surface area contributed by atoms with Crippen molar-refractivity contribution in [2.75, 3.05) is 39.1 Å². The van der Waals surface area contributed by atoms with Crippen molar-refractivity contribution < 1.29 is 33.8 Å². The van der Waals surface area contributed by atoms with Gasteiger partial charge in [0, 0.05) is 49.6 Å². The summed E-state index contributed by atoms with van der Waals surface area (Å²) < 4.78 is 5.31. The minimum Gasteiger partial charge on any atom is -0.480 e. The molecule has 4 amide bonds. The Morgan fingerprint density at radius 3 is 2.44 bits per heavy atom. The highest BCUT2D eigenvalue weighted by Gasteiger charge is 2.23. The Bertz CT molecular complexity index is 699. The third-order valence-corrected chi connectivity index (χ3v) is 7.63. The maximum absolute atomic E-state index is 12.0. The molecule has 10 nitrogen and oxygen atoms in total. The topological polar surface area (TPSA) is 133 Å². The highest BCUT2D eigenvalue weighted by molar-refractivity contribution is 8.76. The fourth-order valence-electron chi connectivity index (χ4n) is 2.49. The average Bonchev–Trinajstić information content (AvgIpc) is 3.07. The van der Waals surface area contributed by atoms with Gasteiger partial charge in [0.15, 0.2) is 0 Å². The minimum atomic E-state index is -1.03. The van der Waals surface area contributed by atoms with E-state index in [9.17, 15) is 24.0 Å². The SMILES string of the molecule is CC(CCC(=O)N(C)[C@@H](C)C(=O)O)SSCCNC(=O)CCOCCN1C(=O)C=CC1=O. The zero-order chi connectivity index (χ0) is 24.1. The second kappa shape index (κ2) is 14.9. The molecule has 1 aliphatic rings. The van der Waals surface area contributed by atoms with Crippen LogP contribution in [0.25, 0.3) is 0 Å². The smallest absolute Gasteiger partial charge is 0.326 e. The molecule has 0 spiro atoms. The molecule has 0 saturated carbocycles. The first-order valence-electron chi connectivity index (χ1n) is 10.3. The second-order valence-electron chi connectivity index (χ2n) is 7.16. The molecule has 1 unspecified atom stereocenters. The van der Waals surface area contributed by atoms with Crippen LogP contribution in [0.2, 0.25) is 0 Å². The number of ether oxygens (including phenoxy) is 1. The highest BCUT2D eigenvalue weighted by Crippen LogP contribution is 2.28. The number of aliphatic carboxylic acids is 1. The minimum absolute atomic E-state index is 0.139. The second-order valence-corrected chi connectivity index (χ2v) is 10.1. The van der Waals surface area contributed by atoms with E-state index in [1.807, 2.05) is 6.92 Å². The molecule has 0 aromatic rings. The van der Waals surface area contributed by atoms with Crippen LogP contribution in [0, 0.1) is 0 Å². The quantitative estimate of drug-likeness (QED) is 0.184. The Morgan fingerprint density at radius 2 is 1.81 bits per heavy atom. The summed E-state index contributed by atoms with van der Waals surface area (Å²) in [7, 11) is 4.71. The molecule has 0 bridgehead atoms. The number of rotatable bonds is 16. The fourth-order valence-corrected chi connectivity index (χ4v) is 4.74. The lowest BCUT2D eigenvalue weighted by molar-refractivity contribution is -0.148. The van der Waals surface area contributed by atoms with Gasteiger partial charge >= 0.3 is 5.97 Å². The highest BCUT2D eigenvalue weighted by atomic mass is 33.1. The summed E-state index contributed by atoms with van der Waals surface area (Å²) in [6.45, 7) is 4.54. The summed E-state index contributed by atoms with van der Waals surface area (Å²) in [4.78, 5) is 59.8. The van der Waals surface area contributed by atoms with Crippen molar-refractivity contribution in [3.8, 4) is 0 Å². The number of imide groups is 1. The van der Waals surface area contributed by atoms with Crippen LogP contribution in [0.5, 0.6) is 0 Å². The maximum Gasteiger partial charge on any atom is 0.326 e. The summed E-state index contributed by atoms with van der Waals surface area (Å²) in [5.41, 5.74) is 0. The van der Waals surface area contributed by atoms with E-state index in [4.69, 9.17) is 9.84 Å². The lowest BCUT2D eigenvalue weighted by atomic mass is 10.2. The first kappa shape index (κ1) is 28.0. The van der Waals surface area contributed by atoms with Gasteiger partial charge in [-0.25, -0.2) is 4.79 Å². The van der Waals surface area contributed by atoms with Gasteiger partial charge in [0.25, 0.3) is 11.8 Å². The van der Waals surface area contributed by atoms with Gasteiger partial charge in [-0.2, -0.15) is 0 Å². The van der Waals surface area contributed by atoms with Crippen molar-refractivity contribution in [2.24, 2.45) is 0 Å². The molecule has 2 atom stereocenters. The molecule has 1 aliphatic heterocycles. The molecule has 0 fully saturated rings. The zero-order valence-corrected chi connectivity index (χ0v) is 20.2. The number of nitrogens with zero attached hydrogens (tertiary/aromatic N) is 2. The third-order valence-electron chi connectivity index (χ3n) is 4.67. The Hall–Kier alpha value is -2.05. The third kappa shape index (κ3) is 10.5.